The van der Waals surface area contributed by atoms with Gasteiger partial charge in [-0.3, -0.25) is 10.1 Å². The Balaban J connectivity index is 0.000000254. The van der Waals surface area contributed by atoms with E-state index in [1.807, 2.05) is 6.08 Å². The number of allylic oxidation sites excluding steroid dienone is 3. The summed E-state index contributed by atoms with van der Waals surface area (Å²) < 4.78 is 13.4. The van der Waals surface area contributed by atoms with Crippen LogP contribution in [-0.2, 0) is 86.7 Å². The predicted molar refractivity (Wildman–Crippen MR) is 592 cm³/mol. The number of nitro groups is 1. The minimum atomic E-state index is -0.488. The fourth-order valence-electron chi connectivity index (χ4n) is 23.6. The quantitative estimate of drug-likeness (QED) is 0.0123. The first-order chi connectivity index (χ1) is 64.0. The molecule has 740 valence electrons. The second-order valence-corrected chi connectivity index (χ2v) is 40.6. The average molecular weight is 2010 g/mol. The molecule has 3 aliphatic heterocycles. The van der Waals surface area contributed by atoms with Gasteiger partial charge in [0.2, 0.25) is 17.1 Å². The van der Waals surface area contributed by atoms with Crippen molar-refractivity contribution in [2.75, 3.05) is 19.6 Å². The molecule has 0 N–H and O–H groups in total. The molecule has 0 amide bonds. The minimum Gasteiger partial charge on any atom is -0.401 e. The van der Waals surface area contributed by atoms with Crippen LogP contribution in [0.1, 0.15) is 302 Å². The monoisotopic (exact) mass is 2000 g/mol. The first-order valence-corrected chi connectivity index (χ1v) is 51.9. The van der Waals surface area contributed by atoms with Gasteiger partial charge >= 0.3 is 57.1 Å². The van der Waals surface area contributed by atoms with Crippen molar-refractivity contribution < 1.29 is 74.3 Å². The van der Waals surface area contributed by atoms with Gasteiger partial charge in [0, 0.05) is 72.4 Å². The van der Waals surface area contributed by atoms with E-state index in [0.717, 1.165) is 63.1 Å². The molecule has 0 saturated heterocycles. The molecule has 139 heavy (non-hydrogen) atoms. The molecule has 5 heterocycles. The molecule has 6 fully saturated rings. The zero-order chi connectivity index (χ0) is 89.0. The number of benzene rings is 10. The fraction of sp³-hybridized carbons (Fsp3) is 0.398. The predicted octanol–water partition coefficient (Wildman–Crippen LogP) is 36.6. The Labute approximate surface area is 876 Å². The first-order valence-electron chi connectivity index (χ1n) is 51.0. The summed E-state index contributed by atoms with van der Waals surface area (Å²) in [6.45, 7) is 10.4. The topological polar surface area (TPSA) is 65.3 Å². The summed E-state index contributed by atoms with van der Waals surface area (Å²) in [4.78, 5) is 10.7. The Morgan fingerprint density at radius 1 is 0.324 bits per heavy atom. The molecular weight excluding hydrogens is 1840 g/mol. The first kappa shape index (κ1) is 117. The number of unbranched alkanes of at least 4 members (excludes halogenated alkanes) is 3. The zero-order valence-corrected chi connectivity index (χ0v) is 89.8. The number of thiophene rings is 1. The minimum absolute atomic E-state index is 0. The van der Waals surface area contributed by atoms with Crippen LogP contribution >= 0.6 is 11.3 Å². The summed E-state index contributed by atoms with van der Waals surface area (Å²) in [6, 6.07) is 89.5. The van der Waals surface area contributed by atoms with E-state index < -0.39 is 4.92 Å². The van der Waals surface area contributed by atoms with E-state index in [0.29, 0.717) is 5.76 Å². The van der Waals surface area contributed by atoms with Crippen molar-refractivity contribution in [1.29, 1.82) is 0 Å². The van der Waals surface area contributed by atoms with Crippen LogP contribution in [0, 0.1) is 72.4 Å². The van der Waals surface area contributed by atoms with Crippen molar-refractivity contribution in [1.82, 2.24) is 0 Å². The van der Waals surface area contributed by atoms with E-state index in [-0.39, 0.29) is 118 Å². The summed E-state index contributed by atoms with van der Waals surface area (Å²) in [5.74, 6) is 3.09. The van der Waals surface area contributed by atoms with Gasteiger partial charge < -0.3 is 49.0 Å². The maximum atomic E-state index is 11.2. The molecule has 0 radical (unpaired) electrons. The molecule has 2 aromatic heterocycles. The number of hydrogen-bond acceptors (Lipinski definition) is 4. The Morgan fingerprint density at radius 2 is 0.612 bits per heavy atom. The Morgan fingerprint density at radius 3 is 0.906 bits per heavy atom. The third kappa shape index (κ3) is 30.4. The Kier molecular flexibility index (Phi) is 49.9. The fourth-order valence-corrected chi connectivity index (χ4v) is 24.2. The van der Waals surface area contributed by atoms with Crippen LogP contribution in [0.15, 0.2) is 282 Å². The molecule has 10 aromatic carbocycles. The van der Waals surface area contributed by atoms with E-state index in [1.54, 1.807) is 17.4 Å². The van der Waals surface area contributed by atoms with E-state index in [4.69, 9.17) is 4.42 Å². The van der Waals surface area contributed by atoms with E-state index in [1.165, 1.54) is 342 Å². The number of furan rings is 1. The van der Waals surface area contributed by atoms with Crippen molar-refractivity contribution in [2.45, 2.75) is 287 Å². The van der Waals surface area contributed by atoms with Gasteiger partial charge in [0.15, 0.2) is 17.1 Å². The van der Waals surface area contributed by atoms with Crippen LogP contribution in [0.4, 0.5) is 22.9 Å². The third-order valence-corrected chi connectivity index (χ3v) is 31.0. The molecule has 9 aliphatic rings. The molecule has 12 aromatic rings. The van der Waals surface area contributed by atoms with Gasteiger partial charge in [-0.1, -0.05) is 387 Å². The molecule has 21 rings (SSSR count). The van der Waals surface area contributed by atoms with Crippen LogP contribution < -0.4 is 0 Å². The Hall–Kier alpha value is -8.85. The Bertz CT molecular complexity index is 5780. The number of hydrogen-bond donors (Lipinski definition) is 0. The number of nitrogens with zero attached hydrogens (tertiary/aromatic N) is 4. The second-order valence-electron chi connectivity index (χ2n) is 39.8. The molecule has 11 heteroatoms. The normalized spacial score (nSPS) is 18.8. The summed E-state index contributed by atoms with van der Waals surface area (Å²) in [7, 11) is 0. The van der Waals surface area contributed by atoms with Gasteiger partial charge in [-0.15, -0.1) is 0 Å². The SMILES string of the molecule is C1CCCC1.C1CCCC1.C1CCCC1.CC1(Cc2ccccc2)C(/C=C/c2ccc([N+](=O)[O-])o2)=[N+](CCCCC2CCCC2)c2ccc3ccccc3c21.CC1(Cc2ccccc2)C(/C=C/c2ccccc2)=[N+](CCCCC2CCCC2)c2ccc3ccccc3c21.CC1(Cc2ccccc2)C(/C=C/c2ccsc2)=[N+](CCCCC2CCCC2)c2ccc3ccccc3c21.[CH3-].[CH3-].[CH3-].[CH3-].[CH3-].[CH3-].[Fe+2].[Fe+2].[Fe+2]. The van der Waals surface area contributed by atoms with Crippen molar-refractivity contribution in [3.05, 3.63) is 383 Å². The van der Waals surface area contributed by atoms with Crippen LogP contribution in [0.5, 0.6) is 0 Å². The summed E-state index contributed by atoms with van der Waals surface area (Å²) in [5.41, 5.74) is 18.6. The molecular formula is C128H163Fe3N4O3S+3. The molecule has 6 aliphatic carbocycles. The number of fused-ring (bicyclic) bond motifs is 9. The van der Waals surface area contributed by atoms with Crippen molar-refractivity contribution in [2.24, 2.45) is 17.8 Å². The van der Waals surface area contributed by atoms with Crippen molar-refractivity contribution >= 4 is 102 Å². The maximum absolute atomic E-state index is 11.2. The second kappa shape index (κ2) is 59.3. The molecule has 6 saturated carbocycles. The van der Waals surface area contributed by atoms with Gasteiger partial charge in [-0.2, -0.15) is 25.1 Å². The van der Waals surface area contributed by atoms with Gasteiger partial charge in [0.05, 0.1) is 22.3 Å². The van der Waals surface area contributed by atoms with E-state index in [2.05, 4.69) is 312 Å². The van der Waals surface area contributed by atoms with Gasteiger partial charge in [-0.25, -0.2) is 0 Å². The zero-order valence-electron chi connectivity index (χ0n) is 85.7. The summed E-state index contributed by atoms with van der Waals surface area (Å²) >= 11 is 1.77. The smallest absolute Gasteiger partial charge is 0.401 e. The van der Waals surface area contributed by atoms with Crippen LogP contribution in [0.25, 0.3) is 50.5 Å². The van der Waals surface area contributed by atoms with Gasteiger partial charge in [-0.05, 0) is 197 Å². The van der Waals surface area contributed by atoms with Gasteiger partial charge in [0.1, 0.15) is 30.3 Å². The van der Waals surface area contributed by atoms with E-state index >= 15 is 0 Å². The molecule has 7 nitrogen and oxygen atoms in total. The summed E-state index contributed by atoms with van der Waals surface area (Å²) in [6.07, 6.45) is 67.7. The molecule has 3 unspecified atom stereocenters. The van der Waals surface area contributed by atoms with E-state index in [9.17, 15) is 10.1 Å². The molecule has 0 bridgehead atoms. The standard InChI is InChI=1S/C37H40N.C35H37N2O3.C35H38NS.3C5H10.6CH3.3Fe/c1-37(28-31-19-6-3-7-20-31)35(26-23-30-14-4-2-5-15-30)38(27-13-12-18-29-16-8-9-17-29)34-25-24-32-21-10-11-22-33(32)36(34)37;1-35(25-27-14-3-2-4-15-27)32(22-19-29-20-23-33(40-29)37(38)39)36(24-10-9-13-26-11-5-6-12-26)31-21-18-28-16-7-8-17-30(28)34(31)35;1-35(25-28-14-3-2-4-15-28)33(21-18-29-22-24-37-26-29)36(23-10-9-13-27-11-5-6-12-27)32-20-19-30-16-7-8-17-31(30)34(32)35;3*1-2-4-5-3-1;;;;;;;;;/h2-7,10-11,14-15,19-26,29H,8-9,12-13,16-18,27-28H2,1H3;2-4,7-8,14-23,26H,5-6,9-13,24-25H2,1H3;2-4,7-8,14-22,24,26-27H,5-6,9-13,23,25H2,1H3;3*1-5H2;6*1H3;;;/q3*+1;;;;6*-1;3*+2/b26-23+;22-19+;21-18+;;;;;;;;;;;;. The average Bonchev–Trinajstić information content (AvgIpc) is 1.57. The van der Waals surface area contributed by atoms with Crippen molar-refractivity contribution in [3.63, 3.8) is 0 Å². The van der Waals surface area contributed by atoms with Crippen LogP contribution in [0.2, 0.25) is 0 Å². The third-order valence-electron chi connectivity index (χ3n) is 30.3. The van der Waals surface area contributed by atoms with Gasteiger partial charge in [0.25, 0.3) is 0 Å². The van der Waals surface area contributed by atoms with Crippen molar-refractivity contribution in [3.8, 4) is 0 Å². The largest absolute Gasteiger partial charge is 2.00 e. The molecule has 3 atom stereocenters. The van der Waals surface area contributed by atoms with Crippen LogP contribution in [-0.4, -0.2) is 55.4 Å². The number of rotatable bonds is 28. The maximum Gasteiger partial charge on any atom is 2.00 e. The molecule has 0 spiro atoms. The summed E-state index contributed by atoms with van der Waals surface area (Å²) in [5, 5.41) is 23.6. The van der Waals surface area contributed by atoms with Crippen LogP contribution in [0.3, 0.4) is 0 Å².